The number of allylic oxidation sites excluding steroid dienone is 1. The molecule has 0 bridgehead atoms. The molecule has 2 rings (SSSR count). The standard InChI is InChI=1S/C21H23FN2O4/c1-3-4-15-5-10-18(19(13-15)27-2)28-14-21(26)24(12-11-20(23)25)17-8-6-16(22)7-9-17/h3-10,13H,11-12,14H2,1-2H3,(H2,23,25)/b4-3+. The van der Waals surface area contributed by atoms with Crippen LogP contribution in [0.1, 0.15) is 18.9 Å². The summed E-state index contributed by atoms with van der Waals surface area (Å²) in [5, 5.41) is 0. The molecule has 0 fully saturated rings. The number of ether oxygens (including phenoxy) is 2. The van der Waals surface area contributed by atoms with Gasteiger partial charge in [-0.2, -0.15) is 0 Å². The number of hydrogen-bond donors (Lipinski definition) is 1. The first-order valence-electron chi connectivity index (χ1n) is 8.72. The average molecular weight is 386 g/mol. The van der Waals surface area contributed by atoms with Gasteiger partial charge in [0.2, 0.25) is 5.91 Å². The van der Waals surface area contributed by atoms with Crippen LogP contribution in [0.4, 0.5) is 10.1 Å². The van der Waals surface area contributed by atoms with E-state index in [-0.39, 0.29) is 19.6 Å². The Morgan fingerprint density at radius 2 is 1.86 bits per heavy atom. The monoisotopic (exact) mass is 386 g/mol. The number of anilines is 1. The van der Waals surface area contributed by atoms with Gasteiger partial charge in [0, 0.05) is 18.7 Å². The van der Waals surface area contributed by atoms with Crippen molar-refractivity contribution in [3.8, 4) is 11.5 Å². The summed E-state index contributed by atoms with van der Waals surface area (Å²) in [6, 6.07) is 10.7. The predicted molar refractivity (Wildman–Crippen MR) is 106 cm³/mol. The van der Waals surface area contributed by atoms with Crippen molar-refractivity contribution < 1.29 is 23.5 Å². The highest BCUT2D eigenvalue weighted by molar-refractivity contribution is 5.95. The molecule has 0 saturated carbocycles. The normalized spacial score (nSPS) is 10.7. The van der Waals surface area contributed by atoms with Gasteiger partial charge in [-0.05, 0) is 48.9 Å². The van der Waals surface area contributed by atoms with Gasteiger partial charge in [0.15, 0.2) is 18.1 Å². The highest BCUT2D eigenvalue weighted by Gasteiger charge is 2.18. The van der Waals surface area contributed by atoms with E-state index in [1.807, 2.05) is 25.1 Å². The Hall–Kier alpha value is -3.35. The van der Waals surface area contributed by atoms with Crippen LogP contribution in [0, 0.1) is 5.82 Å². The van der Waals surface area contributed by atoms with Gasteiger partial charge in [-0.3, -0.25) is 9.59 Å². The van der Waals surface area contributed by atoms with E-state index in [0.717, 1.165) is 5.56 Å². The Balaban J connectivity index is 2.14. The van der Waals surface area contributed by atoms with E-state index in [9.17, 15) is 14.0 Å². The molecule has 0 atom stereocenters. The molecule has 0 unspecified atom stereocenters. The first-order chi connectivity index (χ1) is 13.4. The number of methoxy groups -OCH3 is 1. The van der Waals surface area contributed by atoms with Gasteiger partial charge in [0.1, 0.15) is 5.82 Å². The Bertz CT molecular complexity index is 850. The van der Waals surface area contributed by atoms with Gasteiger partial charge in [0.05, 0.1) is 7.11 Å². The quantitative estimate of drug-likeness (QED) is 0.718. The molecule has 2 N–H and O–H groups in total. The fraction of sp³-hybridized carbons (Fsp3) is 0.238. The Kier molecular flexibility index (Phi) is 7.56. The van der Waals surface area contributed by atoms with Crippen LogP contribution in [0.3, 0.4) is 0 Å². The van der Waals surface area contributed by atoms with Gasteiger partial charge >= 0.3 is 0 Å². The summed E-state index contributed by atoms with van der Waals surface area (Å²) in [6.07, 6.45) is 3.79. The maximum Gasteiger partial charge on any atom is 0.264 e. The highest BCUT2D eigenvalue weighted by atomic mass is 19.1. The first-order valence-corrected chi connectivity index (χ1v) is 8.72. The van der Waals surface area contributed by atoms with Crippen molar-refractivity contribution in [2.24, 2.45) is 5.73 Å². The largest absolute Gasteiger partial charge is 0.493 e. The fourth-order valence-corrected chi connectivity index (χ4v) is 2.56. The van der Waals surface area contributed by atoms with E-state index < -0.39 is 17.6 Å². The topological polar surface area (TPSA) is 81.9 Å². The Labute approximate surface area is 163 Å². The molecule has 2 amide bonds. The molecule has 7 heteroatoms. The molecule has 0 aliphatic carbocycles. The lowest BCUT2D eigenvalue weighted by Gasteiger charge is -2.22. The van der Waals surface area contributed by atoms with Crippen LogP contribution < -0.4 is 20.1 Å². The van der Waals surface area contributed by atoms with Crippen molar-refractivity contribution in [3.05, 3.63) is 59.9 Å². The third-order valence-electron chi connectivity index (χ3n) is 3.92. The molecule has 0 aliphatic rings. The maximum atomic E-state index is 13.2. The van der Waals surface area contributed by atoms with Crippen molar-refractivity contribution in [1.29, 1.82) is 0 Å². The number of carbonyl (C=O) groups is 2. The lowest BCUT2D eigenvalue weighted by molar-refractivity contribution is -0.120. The molecular formula is C21H23FN2O4. The van der Waals surface area contributed by atoms with Crippen molar-refractivity contribution in [1.82, 2.24) is 0 Å². The van der Waals surface area contributed by atoms with Gasteiger partial charge in [-0.15, -0.1) is 0 Å². The van der Waals surface area contributed by atoms with Gasteiger partial charge in [-0.25, -0.2) is 4.39 Å². The smallest absolute Gasteiger partial charge is 0.264 e. The summed E-state index contributed by atoms with van der Waals surface area (Å²) in [6.45, 7) is 1.70. The van der Waals surface area contributed by atoms with Gasteiger partial charge in [-0.1, -0.05) is 18.2 Å². The third-order valence-corrected chi connectivity index (χ3v) is 3.92. The molecule has 0 aliphatic heterocycles. The van der Waals surface area contributed by atoms with E-state index >= 15 is 0 Å². The second-order valence-electron chi connectivity index (χ2n) is 5.94. The van der Waals surface area contributed by atoms with Crippen molar-refractivity contribution in [2.45, 2.75) is 13.3 Å². The van der Waals surface area contributed by atoms with Crippen LogP contribution >= 0.6 is 0 Å². The second kappa shape index (κ2) is 10.1. The van der Waals surface area contributed by atoms with Gasteiger partial charge < -0.3 is 20.1 Å². The molecule has 0 heterocycles. The summed E-state index contributed by atoms with van der Waals surface area (Å²) in [5.74, 6) is -0.449. The SMILES string of the molecule is C/C=C/c1ccc(OCC(=O)N(CCC(N)=O)c2ccc(F)cc2)c(OC)c1. The molecule has 28 heavy (non-hydrogen) atoms. The maximum absolute atomic E-state index is 13.2. The highest BCUT2D eigenvalue weighted by Crippen LogP contribution is 2.28. The minimum Gasteiger partial charge on any atom is -0.493 e. The zero-order chi connectivity index (χ0) is 20.5. The van der Waals surface area contributed by atoms with E-state index in [2.05, 4.69) is 0 Å². The second-order valence-corrected chi connectivity index (χ2v) is 5.94. The predicted octanol–water partition coefficient (Wildman–Crippen LogP) is 3.15. The number of halogens is 1. The summed E-state index contributed by atoms with van der Waals surface area (Å²) in [4.78, 5) is 25.2. The molecule has 6 nitrogen and oxygen atoms in total. The number of nitrogens with zero attached hydrogens (tertiary/aromatic N) is 1. The van der Waals surface area contributed by atoms with E-state index in [4.69, 9.17) is 15.2 Å². The minimum absolute atomic E-state index is 0.0233. The van der Waals surface area contributed by atoms with Crippen LogP contribution in [-0.2, 0) is 9.59 Å². The summed E-state index contributed by atoms with van der Waals surface area (Å²) in [5.41, 5.74) is 6.58. The van der Waals surface area contributed by atoms with Crippen LogP contribution in [0.5, 0.6) is 11.5 Å². The molecule has 0 spiro atoms. The Morgan fingerprint density at radius 1 is 1.14 bits per heavy atom. The lowest BCUT2D eigenvalue weighted by Crippen LogP contribution is -2.37. The van der Waals surface area contributed by atoms with Crippen LogP contribution in [-0.4, -0.2) is 32.1 Å². The molecule has 2 aromatic carbocycles. The fourth-order valence-electron chi connectivity index (χ4n) is 2.56. The van der Waals surface area contributed by atoms with Crippen molar-refractivity contribution in [2.75, 3.05) is 25.2 Å². The van der Waals surface area contributed by atoms with Crippen LogP contribution in [0.15, 0.2) is 48.5 Å². The zero-order valence-corrected chi connectivity index (χ0v) is 15.9. The summed E-state index contributed by atoms with van der Waals surface area (Å²) < 4.78 is 24.1. The Morgan fingerprint density at radius 3 is 2.46 bits per heavy atom. The molecule has 2 aromatic rings. The number of rotatable bonds is 9. The van der Waals surface area contributed by atoms with Crippen molar-refractivity contribution >= 4 is 23.6 Å². The third kappa shape index (κ3) is 5.84. The average Bonchev–Trinajstić information content (AvgIpc) is 2.68. The molecule has 0 saturated heterocycles. The zero-order valence-electron chi connectivity index (χ0n) is 15.9. The number of carbonyl (C=O) groups excluding carboxylic acids is 2. The van der Waals surface area contributed by atoms with Crippen LogP contribution in [0.25, 0.3) is 6.08 Å². The molecule has 148 valence electrons. The number of primary amides is 1. The molecular weight excluding hydrogens is 363 g/mol. The number of benzene rings is 2. The van der Waals surface area contributed by atoms with E-state index in [1.54, 1.807) is 12.1 Å². The summed E-state index contributed by atoms with van der Waals surface area (Å²) in [7, 11) is 1.52. The van der Waals surface area contributed by atoms with E-state index in [1.165, 1.54) is 36.3 Å². The number of hydrogen-bond acceptors (Lipinski definition) is 4. The van der Waals surface area contributed by atoms with Crippen LogP contribution in [0.2, 0.25) is 0 Å². The molecule has 0 radical (unpaired) electrons. The van der Waals surface area contributed by atoms with Crippen molar-refractivity contribution in [3.63, 3.8) is 0 Å². The minimum atomic E-state index is -0.540. The molecule has 0 aromatic heterocycles. The lowest BCUT2D eigenvalue weighted by atomic mass is 10.2. The number of nitrogens with two attached hydrogens (primary N) is 1. The van der Waals surface area contributed by atoms with E-state index in [0.29, 0.717) is 17.2 Å². The number of amides is 2. The summed E-state index contributed by atoms with van der Waals surface area (Å²) >= 11 is 0. The first kappa shape index (κ1) is 21.0. The van der Waals surface area contributed by atoms with Gasteiger partial charge in [0.25, 0.3) is 5.91 Å².